The molecule has 0 aliphatic heterocycles. The molecule has 3 heteroatoms. The van der Waals surface area contributed by atoms with E-state index in [0.29, 0.717) is 6.54 Å². The first-order chi connectivity index (χ1) is 5.18. The molecule has 3 N–H and O–H groups in total. The lowest BCUT2D eigenvalue weighted by Gasteiger charge is -2.24. The van der Waals surface area contributed by atoms with Crippen molar-refractivity contribution >= 4 is 11.8 Å². The lowest BCUT2D eigenvalue weighted by Crippen LogP contribution is -2.36. The molecule has 0 heterocycles. The van der Waals surface area contributed by atoms with Crippen LogP contribution in [-0.2, 0) is 0 Å². The second-order valence-corrected chi connectivity index (χ2v) is 3.86. The van der Waals surface area contributed by atoms with E-state index in [2.05, 4.69) is 6.26 Å². The third kappa shape index (κ3) is 4.67. The molecule has 0 aromatic rings. The second kappa shape index (κ2) is 5.86. The maximum absolute atomic E-state index is 9.72. The largest absolute Gasteiger partial charge is 0.389 e. The molecule has 0 saturated heterocycles. The normalized spacial score (nSPS) is 16.4. The molecule has 0 rings (SSSR count). The van der Waals surface area contributed by atoms with Gasteiger partial charge in [0.15, 0.2) is 0 Å². The van der Waals surface area contributed by atoms with E-state index in [4.69, 9.17) is 5.73 Å². The molecule has 11 heavy (non-hydrogen) atoms. The van der Waals surface area contributed by atoms with Gasteiger partial charge in [-0.25, -0.2) is 0 Å². The number of rotatable bonds is 6. The van der Waals surface area contributed by atoms with Crippen LogP contribution < -0.4 is 5.73 Å². The van der Waals surface area contributed by atoms with Crippen LogP contribution in [-0.4, -0.2) is 29.3 Å². The Morgan fingerprint density at radius 3 is 2.55 bits per heavy atom. The molecule has 0 aliphatic rings. The minimum atomic E-state index is -0.601. The Kier molecular flexibility index (Phi) is 6.01. The highest BCUT2D eigenvalue weighted by Gasteiger charge is 2.21. The maximum Gasteiger partial charge on any atom is 0.0767 e. The highest BCUT2D eigenvalue weighted by Crippen LogP contribution is 2.16. The van der Waals surface area contributed by atoms with Gasteiger partial charge in [0.25, 0.3) is 0 Å². The van der Waals surface area contributed by atoms with Gasteiger partial charge in [0, 0.05) is 6.54 Å². The molecule has 68 valence electrons. The number of nitrogens with two attached hydrogens (primary N) is 1. The van der Waals surface area contributed by atoms with Crippen molar-refractivity contribution in [2.24, 2.45) is 5.73 Å². The zero-order chi connectivity index (χ0) is 8.74. The number of hydrogen-bond acceptors (Lipinski definition) is 3. The summed E-state index contributed by atoms with van der Waals surface area (Å²) in [7, 11) is 0. The molecule has 0 aliphatic carbocycles. The van der Waals surface area contributed by atoms with E-state index in [1.807, 2.05) is 18.7 Å². The number of thioether (sulfide) groups is 1. The molecule has 1 unspecified atom stereocenters. The van der Waals surface area contributed by atoms with Crippen LogP contribution in [0.1, 0.15) is 26.2 Å². The highest BCUT2D eigenvalue weighted by molar-refractivity contribution is 7.98. The molecule has 0 spiro atoms. The van der Waals surface area contributed by atoms with E-state index in [9.17, 15) is 5.11 Å². The fraction of sp³-hybridized carbons (Fsp3) is 1.00. The van der Waals surface area contributed by atoms with Crippen molar-refractivity contribution in [2.45, 2.75) is 31.8 Å². The summed E-state index contributed by atoms with van der Waals surface area (Å²) in [4.78, 5) is 0. The molecule has 0 bridgehead atoms. The van der Waals surface area contributed by atoms with Gasteiger partial charge in [0.05, 0.1) is 5.60 Å². The Labute approximate surface area is 73.6 Å². The summed E-state index contributed by atoms with van der Waals surface area (Å²) in [5.41, 5.74) is 4.84. The molecule has 0 amide bonds. The summed E-state index contributed by atoms with van der Waals surface area (Å²) >= 11 is 1.81. The molecule has 1 atom stereocenters. The van der Waals surface area contributed by atoms with Crippen LogP contribution >= 0.6 is 11.8 Å². The zero-order valence-electron chi connectivity index (χ0n) is 7.47. The fourth-order valence-electron chi connectivity index (χ4n) is 0.969. The minimum absolute atomic E-state index is 0.387. The van der Waals surface area contributed by atoms with Gasteiger partial charge in [0.2, 0.25) is 0 Å². The Hall–Kier alpha value is 0.270. The number of aliphatic hydroxyl groups is 1. The van der Waals surface area contributed by atoms with E-state index in [-0.39, 0.29) is 0 Å². The summed E-state index contributed by atoms with van der Waals surface area (Å²) in [6.45, 7) is 2.36. The van der Waals surface area contributed by atoms with Crippen LogP contribution in [0.15, 0.2) is 0 Å². The average Bonchev–Trinajstić information content (AvgIpc) is 2.05. The van der Waals surface area contributed by atoms with Gasteiger partial charge >= 0.3 is 0 Å². The standard InChI is InChI=1S/C8H19NOS/c1-3-8(10,7-9)5-4-6-11-2/h10H,3-7,9H2,1-2H3. The maximum atomic E-state index is 9.72. The van der Waals surface area contributed by atoms with Gasteiger partial charge in [0.1, 0.15) is 0 Å². The van der Waals surface area contributed by atoms with Crippen LogP contribution in [0.4, 0.5) is 0 Å². The van der Waals surface area contributed by atoms with Crippen molar-refractivity contribution in [1.82, 2.24) is 0 Å². The minimum Gasteiger partial charge on any atom is -0.389 e. The van der Waals surface area contributed by atoms with Gasteiger partial charge < -0.3 is 10.8 Å². The van der Waals surface area contributed by atoms with Gasteiger partial charge in [-0.3, -0.25) is 0 Å². The van der Waals surface area contributed by atoms with Crippen LogP contribution in [0.2, 0.25) is 0 Å². The van der Waals surface area contributed by atoms with Crippen LogP contribution in [0.3, 0.4) is 0 Å². The first kappa shape index (κ1) is 11.3. The summed E-state index contributed by atoms with van der Waals surface area (Å²) in [6.07, 6.45) is 4.73. The van der Waals surface area contributed by atoms with Crippen molar-refractivity contribution in [3.8, 4) is 0 Å². The Balaban J connectivity index is 3.51. The molecule has 0 aromatic heterocycles. The van der Waals surface area contributed by atoms with Crippen molar-refractivity contribution in [3.63, 3.8) is 0 Å². The summed E-state index contributed by atoms with van der Waals surface area (Å²) in [5, 5.41) is 9.72. The molecular formula is C8H19NOS. The summed E-state index contributed by atoms with van der Waals surface area (Å²) < 4.78 is 0. The predicted molar refractivity (Wildman–Crippen MR) is 51.9 cm³/mol. The lowest BCUT2D eigenvalue weighted by atomic mass is 9.95. The van der Waals surface area contributed by atoms with E-state index in [0.717, 1.165) is 25.0 Å². The zero-order valence-corrected chi connectivity index (χ0v) is 8.28. The molecular weight excluding hydrogens is 158 g/mol. The summed E-state index contributed by atoms with van der Waals surface area (Å²) in [5.74, 6) is 1.11. The predicted octanol–water partition coefficient (Wildman–Crippen LogP) is 1.23. The van der Waals surface area contributed by atoms with Gasteiger partial charge in [-0.1, -0.05) is 6.92 Å². The summed E-state index contributed by atoms with van der Waals surface area (Å²) in [6, 6.07) is 0. The first-order valence-electron chi connectivity index (χ1n) is 4.10. The molecule has 0 radical (unpaired) electrons. The van der Waals surface area contributed by atoms with E-state index < -0.39 is 5.60 Å². The van der Waals surface area contributed by atoms with Gasteiger partial charge in [-0.15, -0.1) is 0 Å². The second-order valence-electron chi connectivity index (χ2n) is 2.88. The van der Waals surface area contributed by atoms with Crippen molar-refractivity contribution < 1.29 is 5.11 Å². The fourth-order valence-corrected chi connectivity index (χ4v) is 1.40. The van der Waals surface area contributed by atoms with Crippen molar-refractivity contribution in [3.05, 3.63) is 0 Å². The molecule has 0 saturated carbocycles. The topological polar surface area (TPSA) is 46.2 Å². The quantitative estimate of drug-likeness (QED) is 0.600. The van der Waals surface area contributed by atoms with Crippen LogP contribution in [0.5, 0.6) is 0 Å². The Bertz CT molecular complexity index is 94.1. The highest BCUT2D eigenvalue weighted by atomic mass is 32.2. The Morgan fingerprint density at radius 2 is 2.18 bits per heavy atom. The smallest absolute Gasteiger partial charge is 0.0767 e. The average molecular weight is 177 g/mol. The van der Waals surface area contributed by atoms with Crippen LogP contribution in [0, 0.1) is 0 Å². The Morgan fingerprint density at radius 1 is 1.55 bits per heavy atom. The molecule has 0 fully saturated rings. The number of hydrogen-bond donors (Lipinski definition) is 2. The van der Waals surface area contributed by atoms with Crippen molar-refractivity contribution in [1.29, 1.82) is 0 Å². The van der Waals surface area contributed by atoms with Crippen LogP contribution in [0.25, 0.3) is 0 Å². The first-order valence-corrected chi connectivity index (χ1v) is 5.49. The van der Waals surface area contributed by atoms with Gasteiger partial charge in [-0.2, -0.15) is 11.8 Å². The van der Waals surface area contributed by atoms with Gasteiger partial charge in [-0.05, 0) is 31.3 Å². The van der Waals surface area contributed by atoms with Crippen molar-refractivity contribution in [2.75, 3.05) is 18.6 Å². The van der Waals surface area contributed by atoms with E-state index in [1.165, 1.54) is 0 Å². The molecule has 2 nitrogen and oxygen atoms in total. The lowest BCUT2D eigenvalue weighted by molar-refractivity contribution is 0.0360. The molecule has 0 aromatic carbocycles. The monoisotopic (exact) mass is 177 g/mol. The SMILES string of the molecule is CCC(O)(CN)CCCSC. The third-order valence-corrected chi connectivity index (χ3v) is 2.73. The van der Waals surface area contributed by atoms with E-state index >= 15 is 0 Å². The third-order valence-electron chi connectivity index (χ3n) is 2.03. The van der Waals surface area contributed by atoms with E-state index in [1.54, 1.807) is 0 Å².